The van der Waals surface area contributed by atoms with Gasteiger partial charge in [-0.05, 0) is 26.0 Å². The Kier molecular flexibility index (Phi) is 4.82. The van der Waals surface area contributed by atoms with E-state index in [9.17, 15) is 18.4 Å². The van der Waals surface area contributed by atoms with Crippen molar-refractivity contribution in [2.24, 2.45) is 0 Å². The average molecular weight is 404 g/mol. The van der Waals surface area contributed by atoms with Crippen molar-refractivity contribution in [2.45, 2.75) is 32.6 Å². The van der Waals surface area contributed by atoms with Crippen molar-refractivity contribution in [1.82, 2.24) is 29.4 Å². The molecule has 3 heterocycles. The van der Waals surface area contributed by atoms with Crippen LogP contribution in [0.1, 0.15) is 13.8 Å². The summed E-state index contributed by atoms with van der Waals surface area (Å²) in [5.41, 5.74) is -0.775. The monoisotopic (exact) mass is 404 g/mol. The van der Waals surface area contributed by atoms with Gasteiger partial charge in [0.15, 0.2) is 17.0 Å². The smallest absolute Gasteiger partial charge is 0.284 e. The summed E-state index contributed by atoms with van der Waals surface area (Å²) < 4.78 is 35.0. The van der Waals surface area contributed by atoms with Crippen LogP contribution in [-0.4, -0.2) is 60.6 Å². The molecule has 0 aliphatic carbocycles. The van der Waals surface area contributed by atoms with E-state index in [1.54, 1.807) is 4.90 Å². The average Bonchev–Trinajstić information content (AvgIpc) is 3.08. The molecule has 1 saturated heterocycles. The predicted molar refractivity (Wildman–Crippen MR) is 97.4 cm³/mol. The second kappa shape index (κ2) is 7.32. The highest BCUT2D eigenvalue weighted by molar-refractivity contribution is 5.77. The van der Waals surface area contributed by atoms with E-state index in [4.69, 9.17) is 4.74 Å². The summed E-state index contributed by atoms with van der Waals surface area (Å²) in [5.74, 6) is -1.85. The largest absolute Gasteiger partial charge is 0.372 e. The Morgan fingerprint density at radius 3 is 2.66 bits per heavy atom. The van der Waals surface area contributed by atoms with Crippen LogP contribution < -0.4 is 5.56 Å². The standard InChI is InChI=1S/C18H18F2N6O3/c1-10-6-24(7-11(2)29-10)15(27)8-25-9-21-17-16(18(25)28)22-23-26(17)14-4-3-12(19)5-13(14)20/h3-5,9-11H,6-8H2,1-2H3/t10-,11-/m1/s1. The zero-order valence-corrected chi connectivity index (χ0v) is 15.7. The third kappa shape index (κ3) is 3.60. The molecule has 1 aromatic carbocycles. The van der Waals surface area contributed by atoms with Gasteiger partial charge in [0, 0.05) is 19.2 Å². The molecule has 9 nitrogen and oxygen atoms in total. The third-order valence-corrected chi connectivity index (χ3v) is 4.65. The third-order valence-electron chi connectivity index (χ3n) is 4.65. The van der Waals surface area contributed by atoms with Crippen molar-refractivity contribution in [3.63, 3.8) is 0 Å². The minimum atomic E-state index is -0.867. The SMILES string of the molecule is C[C@@H]1CN(C(=O)Cn2cnc3c(nnn3-c3ccc(F)cc3F)c2=O)C[C@@H](C)O1. The quantitative estimate of drug-likeness (QED) is 0.644. The summed E-state index contributed by atoms with van der Waals surface area (Å²) in [6.07, 6.45) is 1.01. The second-order valence-corrected chi connectivity index (χ2v) is 7.00. The highest BCUT2D eigenvalue weighted by Crippen LogP contribution is 2.17. The molecule has 1 amide bonds. The van der Waals surface area contributed by atoms with E-state index in [-0.39, 0.29) is 41.5 Å². The summed E-state index contributed by atoms with van der Waals surface area (Å²) in [4.78, 5) is 31.1. The topological polar surface area (TPSA) is 95.1 Å². The number of ether oxygens (including phenoxy) is 1. The number of benzene rings is 1. The lowest BCUT2D eigenvalue weighted by Crippen LogP contribution is -2.49. The molecule has 11 heteroatoms. The fourth-order valence-corrected chi connectivity index (χ4v) is 3.40. The molecule has 2 atom stereocenters. The van der Waals surface area contributed by atoms with Crippen molar-refractivity contribution in [2.75, 3.05) is 13.1 Å². The molecule has 0 radical (unpaired) electrons. The summed E-state index contributed by atoms with van der Waals surface area (Å²) in [6, 6.07) is 2.94. The number of aromatic nitrogens is 5. The fraction of sp³-hybridized carbons (Fsp3) is 0.389. The van der Waals surface area contributed by atoms with Crippen molar-refractivity contribution in [1.29, 1.82) is 0 Å². The van der Waals surface area contributed by atoms with Gasteiger partial charge in [0.25, 0.3) is 5.56 Å². The number of carbonyl (C=O) groups excluding carboxylic acids is 1. The van der Waals surface area contributed by atoms with Crippen LogP contribution in [-0.2, 0) is 16.1 Å². The molecule has 0 unspecified atom stereocenters. The molecule has 0 N–H and O–H groups in total. The number of hydrogen-bond acceptors (Lipinski definition) is 6. The van der Waals surface area contributed by atoms with Crippen LogP contribution in [0.2, 0.25) is 0 Å². The van der Waals surface area contributed by atoms with Gasteiger partial charge >= 0.3 is 0 Å². The Bertz CT molecular complexity index is 1130. The first-order valence-electron chi connectivity index (χ1n) is 9.03. The molecule has 0 bridgehead atoms. The van der Waals surface area contributed by atoms with E-state index in [0.717, 1.165) is 15.3 Å². The number of carbonyl (C=O) groups is 1. The van der Waals surface area contributed by atoms with Gasteiger partial charge in [-0.15, -0.1) is 5.10 Å². The molecule has 3 aromatic rings. The summed E-state index contributed by atoms with van der Waals surface area (Å²) in [7, 11) is 0. The molecule has 1 aliphatic heterocycles. The van der Waals surface area contributed by atoms with E-state index < -0.39 is 17.2 Å². The highest BCUT2D eigenvalue weighted by Gasteiger charge is 2.26. The minimum absolute atomic E-state index is 0.0119. The van der Waals surface area contributed by atoms with Gasteiger partial charge in [-0.25, -0.2) is 13.8 Å². The van der Waals surface area contributed by atoms with Crippen molar-refractivity contribution in [3.05, 3.63) is 46.5 Å². The first-order valence-corrected chi connectivity index (χ1v) is 9.03. The normalized spacial score (nSPS) is 19.7. The van der Waals surface area contributed by atoms with E-state index >= 15 is 0 Å². The zero-order valence-electron chi connectivity index (χ0n) is 15.7. The first-order chi connectivity index (χ1) is 13.8. The van der Waals surface area contributed by atoms with Gasteiger partial charge in [0.1, 0.15) is 24.4 Å². The van der Waals surface area contributed by atoms with Crippen LogP contribution in [0.3, 0.4) is 0 Å². The fourth-order valence-electron chi connectivity index (χ4n) is 3.40. The van der Waals surface area contributed by atoms with Crippen LogP contribution in [0.5, 0.6) is 0 Å². The molecule has 0 spiro atoms. The van der Waals surface area contributed by atoms with Crippen molar-refractivity contribution >= 4 is 17.1 Å². The maximum absolute atomic E-state index is 14.1. The van der Waals surface area contributed by atoms with Crippen molar-refractivity contribution in [3.8, 4) is 5.69 Å². The summed E-state index contributed by atoms with van der Waals surface area (Å²) in [6.45, 7) is 4.42. The second-order valence-electron chi connectivity index (χ2n) is 7.00. The van der Waals surface area contributed by atoms with Gasteiger partial charge in [-0.3, -0.25) is 14.2 Å². The maximum atomic E-state index is 14.1. The lowest BCUT2D eigenvalue weighted by Gasteiger charge is -2.35. The van der Waals surface area contributed by atoms with Crippen LogP contribution in [0.15, 0.2) is 29.3 Å². The van der Waals surface area contributed by atoms with Gasteiger partial charge in [0.05, 0.1) is 12.2 Å². The predicted octanol–water partition coefficient (Wildman–Crippen LogP) is 0.891. The molecular weight excluding hydrogens is 386 g/mol. The molecule has 2 aromatic heterocycles. The molecule has 152 valence electrons. The number of morpholine rings is 1. The van der Waals surface area contributed by atoms with E-state index in [1.165, 1.54) is 12.4 Å². The van der Waals surface area contributed by atoms with E-state index in [1.807, 2.05) is 13.8 Å². The van der Waals surface area contributed by atoms with E-state index in [2.05, 4.69) is 15.3 Å². The summed E-state index contributed by atoms with van der Waals surface area (Å²) >= 11 is 0. The first kappa shape index (κ1) is 19.1. The van der Waals surface area contributed by atoms with Gasteiger partial charge in [-0.2, -0.15) is 4.68 Å². The number of hydrogen-bond donors (Lipinski definition) is 0. The van der Waals surface area contributed by atoms with Gasteiger partial charge < -0.3 is 9.64 Å². The number of rotatable bonds is 3. The molecule has 1 fully saturated rings. The molecule has 1 aliphatic rings. The Balaban J connectivity index is 1.64. The Labute approximate surface area is 163 Å². The molecule has 29 heavy (non-hydrogen) atoms. The molecule has 0 saturated carbocycles. The van der Waals surface area contributed by atoms with Crippen molar-refractivity contribution < 1.29 is 18.3 Å². The molecule has 4 rings (SSSR count). The van der Waals surface area contributed by atoms with Gasteiger partial charge in [-0.1, -0.05) is 5.21 Å². The Morgan fingerprint density at radius 2 is 1.97 bits per heavy atom. The number of amides is 1. The maximum Gasteiger partial charge on any atom is 0.284 e. The van der Waals surface area contributed by atoms with Gasteiger partial charge in [0.2, 0.25) is 5.91 Å². The Morgan fingerprint density at radius 1 is 1.24 bits per heavy atom. The van der Waals surface area contributed by atoms with Crippen LogP contribution in [0, 0.1) is 11.6 Å². The summed E-state index contributed by atoms with van der Waals surface area (Å²) in [5, 5.41) is 7.54. The minimum Gasteiger partial charge on any atom is -0.372 e. The molecular formula is C18H18F2N6O3. The zero-order chi connectivity index (χ0) is 20.7. The lowest BCUT2D eigenvalue weighted by atomic mass is 10.2. The highest BCUT2D eigenvalue weighted by atomic mass is 19.1. The van der Waals surface area contributed by atoms with E-state index in [0.29, 0.717) is 19.2 Å². The number of nitrogens with zero attached hydrogens (tertiary/aromatic N) is 6. The van der Waals surface area contributed by atoms with Crippen LogP contribution in [0.25, 0.3) is 16.9 Å². The number of fused-ring (bicyclic) bond motifs is 1. The van der Waals surface area contributed by atoms with Crippen LogP contribution >= 0.6 is 0 Å². The number of halogens is 2. The van der Waals surface area contributed by atoms with Crippen LogP contribution in [0.4, 0.5) is 8.78 Å². The Hall–Kier alpha value is -3.21. The lowest BCUT2D eigenvalue weighted by molar-refractivity contribution is -0.143.